The summed E-state index contributed by atoms with van der Waals surface area (Å²) >= 11 is 0. The van der Waals surface area contributed by atoms with Gasteiger partial charge in [-0.1, -0.05) is 0 Å². The van der Waals surface area contributed by atoms with Gasteiger partial charge in [0.05, 0.1) is 0 Å². The third-order valence-corrected chi connectivity index (χ3v) is 0.167. The van der Waals surface area contributed by atoms with E-state index in [1.165, 1.54) is 0 Å². The first-order valence-corrected chi connectivity index (χ1v) is 5.03. The van der Waals surface area contributed by atoms with E-state index in [4.69, 9.17) is 51.1 Å². The molecule has 0 aliphatic rings. The van der Waals surface area contributed by atoms with E-state index < -0.39 is 23.9 Å². The molecule has 0 saturated carbocycles. The molecule has 0 aliphatic heterocycles. The number of nitrogens with two attached hydrogens (primary N) is 2. The number of aliphatic carboxylic acids is 4. The van der Waals surface area contributed by atoms with Crippen LogP contribution in [0.5, 0.6) is 0 Å². The van der Waals surface area contributed by atoms with Crippen LogP contribution in [0, 0.1) is 0 Å². The molecule has 8 N–H and O–H groups in total. The van der Waals surface area contributed by atoms with Gasteiger partial charge in [0, 0.05) is 57.9 Å². The van der Waals surface area contributed by atoms with Gasteiger partial charge in [-0.2, -0.15) is 0 Å². The van der Waals surface area contributed by atoms with Gasteiger partial charge in [-0.25, -0.2) is 0 Å². The molecule has 0 fully saturated rings. The summed E-state index contributed by atoms with van der Waals surface area (Å²) in [5.41, 5.74) is 9.81. The Morgan fingerprint density at radius 2 is 0.652 bits per heavy atom. The molecule has 0 saturated heterocycles. The monoisotopic (exact) mass is 411 g/mol. The summed E-state index contributed by atoms with van der Waals surface area (Å²) in [6, 6.07) is 0. The molecule has 137 valence electrons. The molecule has 23 heavy (non-hydrogen) atoms. The summed E-state index contributed by atoms with van der Waals surface area (Å²) in [5, 5.41) is 29.7. The molecule has 0 rings (SSSR count). The first-order chi connectivity index (χ1) is 8.84. The first-order valence-electron chi connectivity index (χ1n) is 5.03. The van der Waals surface area contributed by atoms with Gasteiger partial charge in [0.15, 0.2) is 0 Å². The topological polar surface area (TPSA) is 201 Å². The minimum absolute atomic E-state index is 0. The van der Waals surface area contributed by atoms with E-state index in [2.05, 4.69) is 0 Å². The van der Waals surface area contributed by atoms with Crippen LogP contribution in [0.1, 0.15) is 27.7 Å². The Morgan fingerprint density at radius 1 is 0.609 bits per heavy atom. The standard InChI is InChI=1S/C2H8N2.4C2H4O2.Cu.2Na.2H/c3-1-2-4;4*1-2(3)4;;;;;/h1-4H2;4*1H3,(H,3,4);;;;;. The summed E-state index contributed by atoms with van der Waals surface area (Å²) in [6.45, 7) is 5.53. The zero-order valence-electron chi connectivity index (χ0n) is 12.3. The van der Waals surface area contributed by atoms with Gasteiger partial charge in [0.25, 0.3) is 23.9 Å². The molecule has 10 nitrogen and oxygen atoms in total. The van der Waals surface area contributed by atoms with Crippen molar-refractivity contribution >= 4 is 83.0 Å². The number of carboxylic acids is 4. The summed E-state index contributed by atoms with van der Waals surface area (Å²) in [4.78, 5) is 36.0. The van der Waals surface area contributed by atoms with Gasteiger partial charge in [0.1, 0.15) is 0 Å². The van der Waals surface area contributed by atoms with E-state index in [0.717, 1.165) is 27.7 Å². The molecule has 0 aromatic carbocycles. The summed E-state index contributed by atoms with van der Waals surface area (Å²) in [7, 11) is 0. The molecule has 0 amide bonds. The molecule has 0 aliphatic carbocycles. The van der Waals surface area contributed by atoms with Crippen LogP contribution < -0.4 is 11.5 Å². The fourth-order valence-corrected chi connectivity index (χ4v) is 0. The second-order valence-electron chi connectivity index (χ2n) is 2.65. The van der Waals surface area contributed by atoms with E-state index in [1.54, 1.807) is 0 Å². The van der Waals surface area contributed by atoms with E-state index >= 15 is 0 Å². The second-order valence-corrected chi connectivity index (χ2v) is 2.65. The zero-order chi connectivity index (χ0) is 17.7. The van der Waals surface area contributed by atoms with Crippen LogP contribution in [0.25, 0.3) is 0 Å². The Hall–Kier alpha value is 0.319. The van der Waals surface area contributed by atoms with Gasteiger partial charge in [-0.15, -0.1) is 0 Å². The number of rotatable bonds is 1. The summed E-state index contributed by atoms with van der Waals surface area (Å²) < 4.78 is 0. The number of carbonyl (C=O) groups is 4. The average molecular weight is 412 g/mol. The van der Waals surface area contributed by atoms with E-state index in [-0.39, 0.29) is 76.2 Å². The van der Waals surface area contributed by atoms with Gasteiger partial charge < -0.3 is 31.9 Å². The predicted octanol–water partition coefficient (Wildman–Crippen LogP) is -2.03. The summed E-state index contributed by atoms with van der Waals surface area (Å²) in [5.74, 6) is -3.33. The van der Waals surface area contributed by atoms with Gasteiger partial charge in [-0.05, 0) is 0 Å². The SMILES string of the molecule is CC(=O)O.CC(=O)O.CC(=O)O.CC(=O)O.NCCN.[Cu].[NaH].[NaH]. The van der Waals surface area contributed by atoms with Crippen molar-refractivity contribution in [2.75, 3.05) is 13.1 Å². The maximum atomic E-state index is 9.00. The van der Waals surface area contributed by atoms with Gasteiger partial charge in [-0.3, -0.25) is 19.2 Å². The van der Waals surface area contributed by atoms with Crippen molar-refractivity contribution in [3.63, 3.8) is 0 Å². The van der Waals surface area contributed by atoms with Crippen molar-refractivity contribution in [3.8, 4) is 0 Å². The van der Waals surface area contributed by atoms with Crippen molar-refractivity contribution in [1.82, 2.24) is 0 Å². The molecule has 0 spiro atoms. The minimum atomic E-state index is -0.833. The van der Waals surface area contributed by atoms with Gasteiger partial charge >= 0.3 is 59.1 Å². The van der Waals surface area contributed by atoms with E-state index in [1.807, 2.05) is 0 Å². The first kappa shape index (κ1) is 49.5. The zero-order valence-corrected chi connectivity index (χ0v) is 13.2. The fraction of sp³-hybridized carbons (Fsp3) is 0.600. The third kappa shape index (κ3) is 5290. The van der Waals surface area contributed by atoms with Crippen LogP contribution in [0.15, 0.2) is 0 Å². The van der Waals surface area contributed by atoms with Crippen LogP contribution in [0.2, 0.25) is 0 Å². The van der Waals surface area contributed by atoms with Crippen molar-refractivity contribution in [1.29, 1.82) is 0 Å². The summed E-state index contributed by atoms with van der Waals surface area (Å²) in [6.07, 6.45) is 0. The molecule has 0 heterocycles. The number of carboxylic acid groups (broad SMARTS) is 4. The second kappa shape index (κ2) is 49.5. The van der Waals surface area contributed by atoms with Crippen LogP contribution in [0.3, 0.4) is 0 Å². The molecular formula is C10H26CuN2Na2O8. The van der Waals surface area contributed by atoms with Crippen LogP contribution in [0.4, 0.5) is 0 Å². The Bertz CT molecular complexity index is 205. The van der Waals surface area contributed by atoms with E-state index in [0.29, 0.717) is 13.1 Å². The molecule has 1 radical (unpaired) electrons. The van der Waals surface area contributed by atoms with E-state index in [9.17, 15) is 0 Å². The number of hydrogen-bond donors (Lipinski definition) is 6. The average Bonchev–Trinajstić information content (AvgIpc) is 2.13. The molecule has 0 aromatic heterocycles. The molecule has 13 heteroatoms. The Balaban J connectivity index is -0.0000000197. The fourth-order valence-electron chi connectivity index (χ4n) is 0. The number of hydrogen-bond acceptors (Lipinski definition) is 6. The molecule has 0 atom stereocenters. The molecule has 0 aromatic rings. The van der Waals surface area contributed by atoms with Crippen LogP contribution in [-0.4, -0.2) is 117 Å². The normalized spacial score (nSPS) is 5.65. The Morgan fingerprint density at radius 3 is 0.652 bits per heavy atom. The predicted molar refractivity (Wildman–Crippen MR) is 85.6 cm³/mol. The third-order valence-electron chi connectivity index (χ3n) is 0.167. The van der Waals surface area contributed by atoms with Crippen molar-refractivity contribution in [3.05, 3.63) is 0 Å². The molecular weight excluding hydrogens is 386 g/mol. The molecule has 0 unspecified atom stereocenters. The van der Waals surface area contributed by atoms with Crippen LogP contribution >= 0.6 is 0 Å². The van der Waals surface area contributed by atoms with Crippen molar-refractivity contribution < 1.29 is 56.7 Å². The molecule has 0 bridgehead atoms. The Labute approximate surface area is 190 Å². The van der Waals surface area contributed by atoms with Gasteiger partial charge in [0.2, 0.25) is 0 Å². The Kier molecular flexibility index (Phi) is 106. The van der Waals surface area contributed by atoms with Crippen LogP contribution in [-0.2, 0) is 36.2 Å². The maximum absolute atomic E-state index is 9.00. The van der Waals surface area contributed by atoms with Crippen molar-refractivity contribution in [2.45, 2.75) is 27.7 Å². The van der Waals surface area contributed by atoms with Crippen molar-refractivity contribution in [2.24, 2.45) is 11.5 Å². The quantitative estimate of drug-likeness (QED) is 0.261.